The van der Waals surface area contributed by atoms with Gasteiger partial charge in [0.1, 0.15) is 27.0 Å². The van der Waals surface area contributed by atoms with Crippen LogP contribution < -0.4 is 20.9 Å². The predicted molar refractivity (Wildman–Crippen MR) is 115 cm³/mol. The molecule has 146 valence electrons. The summed E-state index contributed by atoms with van der Waals surface area (Å²) in [5, 5.41) is 8.79. The van der Waals surface area contributed by atoms with Crippen LogP contribution in [0, 0.1) is 0 Å². The van der Waals surface area contributed by atoms with Crippen molar-refractivity contribution in [2.45, 2.75) is 23.5 Å². The molecule has 7 nitrogen and oxygen atoms in total. The molecule has 1 aromatic heterocycles. The first-order chi connectivity index (χ1) is 13.6. The highest BCUT2D eigenvalue weighted by atomic mass is 32.2. The van der Waals surface area contributed by atoms with Crippen LogP contribution in [0.15, 0.2) is 53.1 Å². The van der Waals surface area contributed by atoms with Crippen molar-refractivity contribution in [3.05, 3.63) is 54.5 Å². The lowest BCUT2D eigenvalue weighted by Gasteiger charge is -2.36. The van der Waals surface area contributed by atoms with Crippen molar-refractivity contribution >= 4 is 57.6 Å². The Balaban J connectivity index is 1.36. The van der Waals surface area contributed by atoms with Gasteiger partial charge in [-0.25, -0.2) is 0 Å². The SMILES string of the molecule is O=C(CSC1NC(=O)C2SC(=S)N(c3ccccc3)C2N1)NCc1ccco1. The average Bonchev–Trinajstić information content (AvgIpc) is 3.33. The van der Waals surface area contributed by atoms with Crippen LogP contribution in [-0.2, 0) is 16.1 Å². The quantitative estimate of drug-likeness (QED) is 0.594. The zero-order valence-corrected chi connectivity index (χ0v) is 17.1. The summed E-state index contributed by atoms with van der Waals surface area (Å²) in [6.45, 7) is 0.342. The van der Waals surface area contributed by atoms with E-state index in [4.69, 9.17) is 16.6 Å². The monoisotopic (exact) mass is 434 g/mol. The molecule has 2 aliphatic heterocycles. The van der Waals surface area contributed by atoms with Crippen LogP contribution in [0.4, 0.5) is 5.69 Å². The van der Waals surface area contributed by atoms with Gasteiger partial charge in [-0.1, -0.05) is 42.2 Å². The molecule has 4 rings (SSSR count). The van der Waals surface area contributed by atoms with Gasteiger partial charge < -0.3 is 20.0 Å². The van der Waals surface area contributed by atoms with Crippen molar-refractivity contribution in [2.75, 3.05) is 10.7 Å². The van der Waals surface area contributed by atoms with E-state index in [2.05, 4.69) is 16.0 Å². The molecule has 3 atom stereocenters. The Hall–Kier alpha value is -2.01. The summed E-state index contributed by atoms with van der Waals surface area (Å²) < 4.78 is 5.85. The van der Waals surface area contributed by atoms with Gasteiger partial charge in [0.15, 0.2) is 0 Å². The van der Waals surface area contributed by atoms with E-state index >= 15 is 0 Å². The molecule has 0 aliphatic carbocycles. The molecule has 2 aromatic rings. The van der Waals surface area contributed by atoms with E-state index in [-0.39, 0.29) is 34.5 Å². The second-order valence-corrected chi connectivity index (χ2v) is 9.05. The molecule has 3 heterocycles. The molecule has 28 heavy (non-hydrogen) atoms. The molecule has 2 aliphatic rings. The maximum Gasteiger partial charge on any atom is 0.238 e. The number of carbonyl (C=O) groups is 2. The third-order valence-corrected chi connectivity index (χ3v) is 6.92. The third-order valence-electron chi connectivity index (χ3n) is 4.30. The molecule has 0 bridgehead atoms. The number of carbonyl (C=O) groups excluding carboxylic acids is 2. The lowest BCUT2D eigenvalue weighted by Crippen LogP contribution is -2.64. The number of hydrogen-bond acceptors (Lipinski definition) is 7. The number of nitrogens with one attached hydrogen (secondary N) is 3. The Morgan fingerprint density at radius 2 is 2.11 bits per heavy atom. The first-order valence-electron chi connectivity index (χ1n) is 8.64. The Morgan fingerprint density at radius 1 is 1.29 bits per heavy atom. The van der Waals surface area contributed by atoms with E-state index in [9.17, 15) is 9.59 Å². The van der Waals surface area contributed by atoms with Crippen molar-refractivity contribution in [3.63, 3.8) is 0 Å². The first kappa shape index (κ1) is 19.3. The number of fused-ring (bicyclic) bond motifs is 1. The summed E-state index contributed by atoms with van der Waals surface area (Å²) >= 11 is 8.20. The van der Waals surface area contributed by atoms with Gasteiger partial charge >= 0.3 is 0 Å². The number of hydrogen-bond donors (Lipinski definition) is 3. The standard InChI is InChI=1S/C18H18N4O3S3/c23-13(19-9-12-7-4-8-25-12)10-27-17-20-15-14(16(24)21-17)28-18(26)22(15)11-5-2-1-3-6-11/h1-8,14-15,17,20H,9-10H2,(H,19,23)(H,21,24). The minimum Gasteiger partial charge on any atom is -0.467 e. The fourth-order valence-electron chi connectivity index (χ4n) is 3.00. The average molecular weight is 435 g/mol. The van der Waals surface area contributed by atoms with Gasteiger partial charge in [0.25, 0.3) is 0 Å². The Bertz CT molecular complexity index is 862. The number of benzene rings is 1. The molecule has 3 unspecified atom stereocenters. The number of thioether (sulfide) groups is 2. The van der Waals surface area contributed by atoms with Crippen LogP contribution in [-0.4, -0.2) is 38.8 Å². The van der Waals surface area contributed by atoms with Gasteiger partial charge in [0.05, 0.1) is 18.6 Å². The Labute approximate surface area is 176 Å². The van der Waals surface area contributed by atoms with Gasteiger partial charge in [-0.05, 0) is 24.3 Å². The van der Waals surface area contributed by atoms with Crippen LogP contribution in [0.3, 0.4) is 0 Å². The number of para-hydroxylation sites is 1. The summed E-state index contributed by atoms with van der Waals surface area (Å²) in [6.07, 6.45) is 1.31. The summed E-state index contributed by atoms with van der Waals surface area (Å²) in [5.74, 6) is 0.693. The maximum atomic E-state index is 12.5. The van der Waals surface area contributed by atoms with Gasteiger partial charge in [0, 0.05) is 5.69 Å². The van der Waals surface area contributed by atoms with Crippen molar-refractivity contribution in [1.82, 2.24) is 16.0 Å². The molecule has 2 saturated heterocycles. The van der Waals surface area contributed by atoms with Crippen LogP contribution in [0.1, 0.15) is 5.76 Å². The topological polar surface area (TPSA) is 86.6 Å². The van der Waals surface area contributed by atoms with Crippen molar-refractivity contribution in [2.24, 2.45) is 0 Å². The van der Waals surface area contributed by atoms with E-state index in [1.54, 1.807) is 18.4 Å². The van der Waals surface area contributed by atoms with E-state index in [1.807, 2.05) is 35.2 Å². The van der Waals surface area contributed by atoms with Gasteiger partial charge in [-0.2, -0.15) is 0 Å². The maximum absolute atomic E-state index is 12.5. The van der Waals surface area contributed by atoms with Crippen LogP contribution in [0.25, 0.3) is 0 Å². The number of furan rings is 1. The highest BCUT2D eigenvalue weighted by Gasteiger charge is 2.47. The molecule has 10 heteroatoms. The Morgan fingerprint density at radius 3 is 2.86 bits per heavy atom. The lowest BCUT2D eigenvalue weighted by molar-refractivity contribution is -0.123. The van der Waals surface area contributed by atoms with E-state index < -0.39 is 0 Å². The summed E-state index contributed by atoms with van der Waals surface area (Å²) in [5.41, 5.74) is 0.561. The molecular weight excluding hydrogens is 416 g/mol. The minimum atomic E-state index is -0.379. The number of rotatable bonds is 6. The molecule has 0 saturated carbocycles. The predicted octanol–water partition coefficient (Wildman–Crippen LogP) is 1.86. The molecule has 1 aromatic carbocycles. The van der Waals surface area contributed by atoms with E-state index in [1.165, 1.54) is 23.5 Å². The van der Waals surface area contributed by atoms with E-state index in [0.29, 0.717) is 16.6 Å². The molecular formula is C18H18N4O3S3. The smallest absolute Gasteiger partial charge is 0.238 e. The number of amides is 2. The summed E-state index contributed by atoms with van der Waals surface area (Å²) in [7, 11) is 0. The molecule has 0 radical (unpaired) electrons. The fraction of sp³-hybridized carbons (Fsp3) is 0.278. The van der Waals surface area contributed by atoms with Crippen LogP contribution in [0.5, 0.6) is 0 Å². The minimum absolute atomic E-state index is 0.0805. The highest BCUT2D eigenvalue weighted by Crippen LogP contribution is 2.37. The summed E-state index contributed by atoms with van der Waals surface area (Å²) in [4.78, 5) is 26.6. The number of anilines is 1. The lowest BCUT2D eigenvalue weighted by atomic mass is 10.2. The van der Waals surface area contributed by atoms with Crippen molar-refractivity contribution in [1.29, 1.82) is 0 Å². The van der Waals surface area contributed by atoms with Crippen molar-refractivity contribution in [3.8, 4) is 0 Å². The zero-order chi connectivity index (χ0) is 19.5. The summed E-state index contributed by atoms with van der Waals surface area (Å²) in [6, 6.07) is 13.3. The molecule has 2 amide bonds. The van der Waals surface area contributed by atoms with Crippen LogP contribution in [0.2, 0.25) is 0 Å². The zero-order valence-electron chi connectivity index (χ0n) is 14.7. The van der Waals surface area contributed by atoms with Gasteiger partial charge in [-0.3, -0.25) is 14.9 Å². The second kappa shape index (κ2) is 8.56. The molecule has 3 N–H and O–H groups in total. The number of thiocarbonyl (C=S) groups is 1. The highest BCUT2D eigenvalue weighted by molar-refractivity contribution is 8.24. The Kier molecular flexibility index (Phi) is 5.90. The fourth-order valence-corrected chi connectivity index (χ4v) is 5.44. The van der Waals surface area contributed by atoms with Crippen molar-refractivity contribution < 1.29 is 14.0 Å². The number of nitrogens with zero attached hydrogens (tertiary/aromatic N) is 1. The normalized spacial score (nSPS) is 24.0. The second-order valence-electron chi connectivity index (χ2n) is 6.18. The van der Waals surface area contributed by atoms with Crippen LogP contribution >= 0.6 is 35.7 Å². The molecule has 2 fully saturated rings. The van der Waals surface area contributed by atoms with Gasteiger partial charge in [0.2, 0.25) is 11.8 Å². The van der Waals surface area contributed by atoms with E-state index in [0.717, 1.165) is 5.69 Å². The first-order valence-corrected chi connectivity index (χ1v) is 11.0. The largest absolute Gasteiger partial charge is 0.467 e. The van der Waals surface area contributed by atoms with Gasteiger partial charge in [-0.15, -0.1) is 11.8 Å². The molecule has 0 spiro atoms. The third kappa shape index (κ3) is 4.19.